The SMILES string of the molecule is O=C(Nc1cc(Cl)cc(Br)c1OC(F)F)OCC(F)(F)F. The van der Waals surface area contributed by atoms with Crippen LogP contribution in [0.5, 0.6) is 5.75 Å². The first-order valence-corrected chi connectivity index (χ1v) is 6.20. The van der Waals surface area contributed by atoms with Crippen molar-refractivity contribution in [2.75, 3.05) is 11.9 Å². The highest BCUT2D eigenvalue weighted by atomic mass is 79.9. The Morgan fingerprint density at radius 2 is 2.00 bits per heavy atom. The maximum Gasteiger partial charge on any atom is 0.422 e. The van der Waals surface area contributed by atoms with Crippen molar-refractivity contribution in [1.29, 1.82) is 0 Å². The summed E-state index contributed by atoms with van der Waals surface area (Å²) in [4.78, 5) is 11.2. The molecule has 0 bridgehead atoms. The third-order valence-corrected chi connectivity index (χ3v) is 2.63. The lowest BCUT2D eigenvalue weighted by atomic mass is 10.3. The number of amides is 1. The van der Waals surface area contributed by atoms with E-state index in [0.29, 0.717) is 0 Å². The summed E-state index contributed by atoms with van der Waals surface area (Å²) in [6.45, 7) is -5.04. The molecule has 0 atom stereocenters. The Balaban J connectivity index is 2.88. The number of alkyl halides is 5. The average molecular weight is 399 g/mol. The third kappa shape index (κ3) is 6.34. The number of carbonyl (C=O) groups excluding carboxylic acids is 1. The van der Waals surface area contributed by atoms with Crippen molar-refractivity contribution in [3.05, 3.63) is 21.6 Å². The van der Waals surface area contributed by atoms with Crippen LogP contribution < -0.4 is 10.1 Å². The van der Waals surface area contributed by atoms with Crippen LogP contribution in [0.2, 0.25) is 5.02 Å². The number of nitrogens with one attached hydrogen (secondary N) is 1. The molecular weight excluding hydrogens is 392 g/mol. The van der Waals surface area contributed by atoms with Crippen LogP contribution in [0.1, 0.15) is 0 Å². The van der Waals surface area contributed by atoms with Crippen LogP contribution in [0.15, 0.2) is 16.6 Å². The van der Waals surface area contributed by atoms with Crippen LogP contribution in [0.4, 0.5) is 32.4 Å². The third-order valence-electron chi connectivity index (χ3n) is 1.82. The van der Waals surface area contributed by atoms with E-state index in [0.717, 1.165) is 6.07 Å². The number of halogens is 7. The second-order valence-corrected chi connectivity index (χ2v) is 4.75. The number of rotatable bonds is 4. The Kier molecular flexibility index (Phi) is 6.02. The van der Waals surface area contributed by atoms with Gasteiger partial charge in [0.15, 0.2) is 12.4 Å². The van der Waals surface area contributed by atoms with Gasteiger partial charge in [0.05, 0.1) is 10.2 Å². The van der Waals surface area contributed by atoms with Gasteiger partial charge in [0.25, 0.3) is 0 Å². The van der Waals surface area contributed by atoms with Crippen LogP contribution in [-0.2, 0) is 4.74 Å². The molecule has 0 heterocycles. The topological polar surface area (TPSA) is 47.6 Å². The molecule has 0 aliphatic rings. The van der Waals surface area contributed by atoms with Gasteiger partial charge in [-0.15, -0.1) is 0 Å². The van der Waals surface area contributed by atoms with Gasteiger partial charge in [0.2, 0.25) is 0 Å². The van der Waals surface area contributed by atoms with Crippen molar-refractivity contribution in [2.45, 2.75) is 12.8 Å². The highest BCUT2D eigenvalue weighted by molar-refractivity contribution is 9.10. The highest BCUT2D eigenvalue weighted by Gasteiger charge is 2.30. The molecule has 1 rings (SSSR count). The molecule has 1 aromatic carbocycles. The normalized spacial score (nSPS) is 11.4. The Labute approximate surface area is 128 Å². The molecule has 1 amide bonds. The molecule has 0 spiro atoms. The van der Waals surface area contributed by atoms with E-state index >= 15 is 0 Å². The van der Waals surface area contributed by atoms with Gasteiger partial charge in [-0.2, -0.15) is 22.0 Å². The summed E-state index contributed by atoms with van der Waals surface area (Å²) in [7, 11) is 0. The Morgan fingerprint density at radius 1 is 1.38 bits per heavy atom. The number of anilines is 1. The fraction of sp³-hybridized carbons (Fsp3) is 0.300. The number of carbonyl (C=O) groups is 1. The Bertz CT molecular complexity index is 526. The fourth-order valence-electron chi connectivity index (χ4n) is 1.16. The van der Waals surface area contributed by atoms with Crippen LogP contribution in [0.3, 0.4) is 0 Å². The molecule has 11 heteroatoms. The molecule has 0 saturated carbocycles. The van der Waals surface area contributed by atoms with Crippen LogP contribution in [0.25, 0.3) is 0 Å². The van der Waals surface area contributed by atoms with Crippen LogP contribution in [0, 0.1) is 0 Å². The van der Waals surface area contributed by atoms with Crippen molar-refractivity contribution in [1.82, 2.24) is 0 Å². The van der Waals surface area contributed by atoms with Gasteiger partial charge in [-0.1, -0.05) is 11.6 Å². The van der Waals surface area contributed by atoms with Gasteiger partial charge in [0, 0.05) is 5.02 Å². The molecular formula is C10H6BrClF5NO3. The van der Waals surface area contributed by atoms with E-state index in [1.54, 1.807) is 0 Å². The van der Waals surface area contributed by atoms with E-state index in [4.69, 9.17) is 11.6 Å². The summed E-state index contributed by atoms with van der Waals surface area (Å²) < 4.78 is 68.1. The summed E-state index contributed by atoms with van der Waals surface area (Å²) >= 11 is 8.52. The quantitative estimate of drug-likeness (QED) is 0.740. The van der Waals surface area contributed by atoms with Crippen molar-refractivity contribution < 1.29 is 36.2 Å². The Morgan fingerprint density at radius 3 is 2.52 bits per heavy atom. The van der Waals surface area contributed by atoms with E-state index in [1.807, 2.05) is 5.32 Å². The molecule has 0 aliphatic carbocycles. The predicted octanol–water partition coefficient (Wildman–Crippen LogP) is 4.81. The summed E-state index contributed by atoms with van der Waals surface area (Å²) in [6.07, 6.45) is -6.21. The molecule has 1 aromatic rings. The van der Waals surface area contributed by atoms with Crippen molar-refractivity contribution in [2.24, 2.45) is 0 Å². The van der Waals surface area contributed by atoms with Gasteiger partial charge in [-0.25, -0.2) is 4.79 Å². The van der Waals surface area contributed by atoms with E-state index in [1.165, 1.54) is 6.07 Å². The average Bonchev–Trinajstić information content (AvgIpc) is 2.30. The highest BCUT2D eigenvalue weighted by Crippen LogP contribution is 2.37. The maximum absolute atomic E-state index is 12.3. The first-order chi connectivity index (χ1) is 9.58. The number of benzene rings is 1. The van der Waals surface area contributed by atoms with E-state index in [2.05, 4.69) is 25.4 Å². The number of hydrogen-bond donors (Lipinski definition) is 1. The standard InChI is InChI=1S/C10H6BrClF5NO3/c11-5-1-4(12)2-6(7(5)21-8(13)14)18-9(19)20-3-10(15,16)17/h1-2,8H,3H2,(H,18,19). The van der Waals surface area contributed by atoms with Crippen LogP contribution >= 0.6 is 27.5 Å². The minimum atomic E-state index is -4.71. The van der Waals surface area contributed by atoms with Gasteiger partial charge < -0.3 is 9.47 Å². The molecule has 0 aliphatic heterocycles. The molecule has 0 aromatic heterocycles. The van der Waals surface area contributed by atoms with E-state index in [-0.39, 0.29) is 15.2 Å². The molecule has 118 valence electrons. The summed E-state index contributed by atoms with van der Waals surface area (Å²) in [5.41, 5.74) is -0.373. The lowest BCUT2D eigenvalue weighted by molar-refractivity contribution is -0.159. The first kappa shape index (κ1) is 17.8. The minimum absolute atomic E-state index is 0.0228. The first-order valence-electron chi connectivity index (χ1n) is 5.03. The zero-order valence-electron chi connectivity index (χ0n) is 9.81. The maximum atomic E-state index is 12.3. The summed E-state index contributed by atoms with van der Waals surface area (Å²) in [6, 6.07) is 2.21. The van der Waals surface area contributed by atoms with Gasteiger partial charge in [-0.3, -0.25) is 5.32 Å². The molecule has 1 N–H and O–H groups in total. The second-order valence-electron chi connectivity index (χ2n) is 3.46. The molecule has 4 nitrogen and oxygen atoms in total. The summed E-state index contributed by atoms with van der Waals surface area (Å²) in [5, 5.41) is 1.86. The lowest BCUT2D eigenvalue weighted by Gasteiger charge is -2.14. The molecule has 0 unspecified atom stereocenters. The lowest BCUT2D eigenvalue weighted by Crippen LogP contribution is -2.23. The zero-order chi connectivity index (χ0) is 16.2. The second kappa shape index (κ2) is 7.12. The molecule has 21 heavy (non-hydrogen) atoms. The fourth-order valence-corrected chi connectivity index (χ4v) is 2.06. The minimum Gasteiger partial charge on any atom is -0.440 e. The van der Waals surface area contributed by atoms with Gasteiger partial charge in [-0.05, 0) is 28.1 Å². The number of ether oxygens (including phenoxy) is 2. The molecule has 0 saturated heterocycles. The number of hydrogen-bond acceptors (Lipinski definition) is 3. The summed E-state index contributed by atoms with van der Waals surface area (Å²) in [5.74, 6) is -0.502. The van der Waals surface area contributed by atoms with E-state index in [9.17, 15) is 26.7 Å². The zero-order valence-corrected chi connectivity index (χ0v) is 12.2. The smallest absolute Gasteiger partial charge is 0.422 e. The van der Waals surface area contributed by atoms with Crippen molar-refractivity contribution in [3.63, 3.8) is 0 Å². The monoisotopic (exact) mass is 397 g/mol. The van der Waals surface area contributed by atoms with Crippen LogP contribution in [-0.4, -0.2) is 25.5 Å². The molecule has 0 radical (unpaired) electrons. The predicted molar refractivity (Wildman–Crippen MR) is 66.8 cm³/mol. The van der Waals surface area contributed by atoms with Crippen molar-refractivity contribution in [3.8, 4) is 5.75 Å². The van der Waals surface area contributed by atoms with Gasteiger partial charge in [0.1, 0.15) is 0 Å². The largest absolute Gasteiger partial charge is 0.440 e. The van der Waals surface area contributed by atoms with E-state index < -0.39 is 31.2 Å². The van der Waals surface area contributed by atoms with Gasteiger partial charge >= 0.3 is 18.9 Å². The molecule has 0 fully saturated rings. The Hall–Kier alpha value is -1.29. The van der Waals surface area contributed by atoms with Crippen molar-refractivity contribution >= 4 is 39.3 Å².